The van der Waals surface area contributed by atoms with Crippen LogP contribution in [0.15, 0.2) is 41.5 Å². The Hall–Kier alpha value is -2.09. The number of nitrogens with one attached hydrogen (secondary N) is 2. The van der Waals surface area contributed by atoms with Crippen molar-refractivity contribution >= 4 is 17.6 Å². The number of nitrogens with zero attached hydrogens (tertiary/aromatic N) is 4. The molecule has 0 spiro atoms. The molecule has 0 saturated carbocycles. The number of rotatable bonds is 7. The molecule has 1 aliphatic heterocycles. The molecule has 8 heteroatoms. The van der Waals surface area contributed by atoms with Crippen molar-refractivity contribution in [2.45, 2.75) is 19.5 Å². The van der Waals surface area contributed by atoms with E-state index >= 15 is 0 Å². The van der Waals surface area contributed by atoms with Crippen molar-refractivity contribution in [1.29, 1.82) is 0 Å². The Kier molecular flexibility index (Phi) is 7.71. The third-order valence-corrected chi connectivity index (χ3v) is 5.08. The minimum absolute atomic E-state index is 0.197. The van der Waals surface area contributed by atoms with E-state index < -0.39 is 0 Å². The molecule has 28 heavy (non-hydrogen) atoms. The quantitative estimate of drug-likeness (QED) is 0.547. The van der Waals surface area contributed by atoms with Crippen LogP contribution in [0.1, 0.15) is 24.2 Å². The Morgan fingerprint density at radius 3 is 2.79 bits per heavy atom. The summed E-state index contributed by atoms with van der Waals surface area (Å²) in [6, 6.07) is 10.3. The molecule has 1 unspecified atom stereocenters. The van der Waals surface area contributed by atoms with E-state index in [1.54, 1.807) is 6.20 Å². The first-order valence-corrected chi connectivity index (χ1v) is 10.1. The van der Waals surface area contributed by atoms with Crippen molar-refractivity contribution in [2.24, 2.45) is 12.0 Å². The molecule has 7 nitrogen and oxygen atoms in total. The summed E-state index contributed by atoms with van der Waals surface area (Å²) in [6.07, 6.45) is 1.79. The van der Waals surface area contributed by atoms with Crippen LogP contribution in [0.2, 0.25) is 5.02 Å². The zero-order chi connectivity index (χ0) is 19.8. The van der Waals surface area contributed by atoms with Gasteiger partial charge in [0.15, 0.2) is 5.96 Å². The lowest BCUT2D eigenvalue weighted by Gasteiger charge is -2.35. The highest BCUT2D eigenvalue weighted by atomic mass is 35.5. The molecule has 2 N–H and O–H groups in total. The van der Waals surface area contributed by atoms with Gasteiger partial charge in [0.05, 0.1) is 31.5 Å². The molecular formula is C20H29ClN6O. The monoisotopic (exact) mass is 404 g/mol. The summed E-state index contributed by atoms with van der Waals surface area (Å²) in [7, 11) is 1.93. The second kappa shape index (κ2) is 10.5. The number of aliphatic imine (C=N–C) groups is 1. The lowest BCUT2D eigenvalue weighted by molar-refractivity contribution is 0.0170. The molecule has 152 valence electrons. The van der Waals surface area contributed by atoms with Crippen LogP contribution >= 0.6 is 11.6 Å². The Morgan fingerprint density at radius 2 is 2.11 bits per heavy atom. The maximum Gasteiger partial charge on any atom is 0.191 e. The van der Waals surface area contributed by atoms with Crippen molar-refractivity contribution in [3.8, 4) is 0 Å². The third-order valence-electron chi connectivity index (χ3n) is 4.85. The van der Waals surface area contributed by atoms with Gasteiger partial charge in [0.25, 0.3) is 0 Å². The topological polar surface area (TPSA) is 66.7 Å². The highest BCUT2D eigenvalue weighted by Crippen LogP contribution is 2.24. The van der Waals surface area contributed by atoms with Crippen molar-refractivity contribution in [1.82, 2.24) is 25.3 Å². The van der Waals surface area contributed by atoms with Gasteiger partial charge < -0.3 is 15.4 Å². The van der Waals surface area contributed by atoms with Gasteiger partial charge in [-0.1, -0.05) is 23.7 Å². The molecule has 0 bridgehead atoms. The Bertz CT molecular complexity index is 772. The first kappa shape index (κ1) is 20.6. The van der Waals surface area contributed by atoms with E-state index in [1.807, 2.05) is 36.0 Å². The van der Waals surface area contributed by atoms with E-state index in [1.165, 1.54) is 5.56 Å². The maximum absolute atomic E-state index is 6.25. The minimum atomic E-state index is 0.197. The first-order valence-electron chi connectivity index (χ1n) is 9.73. The number of morpholine rings is 1. The average molecular weight is 405 g/mol. The summed E-state index contributed by atoms with van der Waals surface area (Å²) >= 11 is 6.25. The van der Waals surface area contributed by atoms with Crippen LogP contribution in [0.3, 0.4) is 0 Å². The summed E-state index contributed by atoms with van der Waals surface area (Å²) in [4.78, 5) is 7.15. The standard InChI is InChI=1S/C20H29ClN6O/c1-3-22-20(23-14-18-7-8-25-26(18)2)24-15-19(27-9-11-28-12-10-27)16-5-4-6-17(21)13-16/h4-8,13,19H,3,9-12,14-15H2,1-2H3,(H2,22,23,24). The van der Waals surface area contributed by atoms with Crippen LogP contribution in [0.25, 0.3) is 0 Å². The number of guanidine groups is 1. The molecule has 0 aliphatic carbocycles. The zero-order valence-electron chi connectivity index (χ0n) is 16.6. The lowest BCUT2D eigenvalue weighted by Crippen LogP contribution is -2.46. The number of hydrogen-bond acceptors (Lipinski definition) is 4. The number of halogens is 1. The van der Waals surface area contributed by atoms with Crippen LogP contribution in [-0.4, -0.2) is 60.0 Å². The fraction of sp³-hybridized carbons (Fsp3) is 0.500. The molecule has 3 rings (SSSR count). The fourth-order valence-electron chi connectivity index (χ4n) is 3.31. The van der Waals surface area contributed by atoms with Crippen molar-refractivity contribution < 1.29 is 4.74 Å². The van der Waals surface area contributed by atoms with E-state index in [2.05, 4.69) is 33.6 Å². The van der Waals surface area contributed by atoms with Crippen LogP contribution in [0, 0.1) is 0 Å². The predicted octanol–water partition coefficient (Wildman–Crippen LogP) is 2.20. The van der Waals surface area contributed by atoms with Gasteiger partial charge in [-0.15, -0.1) is 0 Å². The average Bonchev–Trinajstić information content (AvgIpc) is 3.12. The molecule has 1 aromatic carbocycles. The molecular weight excluding hydrogens is 376 g/mol. The Balaban J connectivity index is 1.71. The van der Waals surface area contributed by atoms with Crippen molar-refractivity contribution in [3.63, 3.8) is 0 Å². The van der Waals surface area contributed by atoms with Gasteiger partial charge in [0, 0.05) is 44.4 Å². The second-order valence-corrected chi connectivity index (χ2v) is 7.18. The summed E-state index contributed by atoms with van der Waals surface area (Å²) in [5.41, 5.74) is 2.26. The maximum atomic E-state index is 6.25. The van der Waals surface area contributed by atoms with E-state index in [9.17, 15) is 0 Å². The molecule has 2 aromatic rings. The van der Waals surface area contributed by atoms with E-state index in [0.717, 1.165) is 56.1 Å². The Labute approximate surface area is 171 Å². The van der Waals surface area contributed by atoms with Crippen LogP contribution in [0.4, 0.5) is 0 Å². The van der Waals surface area contributed by atoms with Gasteiger partial charge in [-0.25, -0.2) is 4.99 Å². The normalized spacial score (nSPS) is 16.8. The third kappa shape index (κ3) is 5.70. The number of benzene rings is 1. The van der Waals surface area contributed by atoms with Gasteiger partial charge in [-0.3, -0.25) is 9.58 Å². The predicted molar refractivity (Wildman–Crippen MR) is 113 cm³/mol. The SMILES string of the molecule is CCNC(=NCc1ccnn1C)NCC(c1cccc(Cl)c1)N1CCOCC1. The first-order chi connectivity index (χ1) is 13.7. The molecule has 2 heterocycles. The number of aryl methyl sites for hydroxylation is 1. The fourth-order valence-corrected chi connectivity index (χ4v) is 3.51. The molecule has 1 aliphatic rings. The Morgan fingerprint density at radius 1 is 1.29 bits per heavy atom. The molecule has 1 atom stereocenters. The number of hydrogen-bond donors (Lipinski definition) is 2. The zero-order valence-corrected chi connectivity index (χ0v) is 17.3. The highest BCUT2D eigenvalue weighted by molar-refractivity contribution is 6.30. The lowest BCUT2D eigenvalue weighted by atomic mass is 10.0. The molecule has 1 saturated heterocycles. The van der Waals surface area contributed by atoms with Crippen molar-refractivity contribution in [2.75, 3.05) is 39.4 Å². The summed E-state index contributed by atoms with van der Waals surface area (Å²) in [5, 5.41) is 11.8. The van der Waals surface area contributed by atoms with Crippen LogP contribution in [-0.2, 0) is 18.3 Å². The van der Waals surface area contributed by atoms with Gasteiger partial charge in [-0.05, 0) is 30.7 Å². The number of aromatic nitrogens is 2. The molecule has 0 radical (unpaired) electrons. The molecule has 1 fully saturated rings. The van der Waals surface area contributed by atoms with Crippen LogP contribution < -0.4 is 10.6 Å². The van der Waals surface area contributed by atoms with E-state index in [4.69, 9.17) is 21.3 Å². The summed E-state index contributed by atoms with van der Waals surface area (Å²) < 4.78 is 7.38. The minimum Gasteiger partial charge on any atom is -0.379 e. The second-order valence-electron chi connectivity index (χ2n) is 6.74. The summed E-state index contributed by atoms with van der Waals surface area (Å²) in [5.74, 6) is 0.795. The van der Waals surface area contributed by atoms with E-state index in [0.29, 0.717) is 6.54 Å². The number of ether oxygens (including phenoxy) is 1. The van der Waals surface area contributed by atoms with Gasteiger partial charge >= 0.3 is 0 Å². The van der Waals surface area contributed by atoms with Crippen LogP contribution in [0.5, 0.6) is 0 Å². The van der Waals surface area contributed by atoms with Gasteiger partial charge in [0.1, 0.15) is 0 Å². The smallest absolute Gasteiger partial charge is 0.191 e. The van der Waals surface area contributed by atoms with E-state index in [-0.39, 0.29) is 6.04 Å². The largest absolute Gasteiger partial charge is 0.379 e. The molecule has 0 amide bonds. The van der Waals surface area contributed by atoms with Gasteiger partial charge in [0.2, 0.25) is 0 Å². The highest BCUT2D eigenvalue weighted by Gasteiger charge is 2.23. The summed E-state index contributed by atoms with van der Waals surface area (Å²) in [6.45, 7) is 7.50. The van der Waals surface area contributed by atoms with Gasteiger partial charge in [-0.2, -0.15) is 5.10 Å². The molecule has 1 aromatic heterocycles. The van der Waals surface area contributed by atoms with Crippen molar-refractivity contribution in [3.05, 3.63) is 52.8 Å².